The van der Waals surface area contributed by atoms with E-state index < -0.39 is 14.9 Å². The minimum Gasteiger partial charge on any atom is -0.369 e. The Morgan fingerprint density at radius 3 is 2.34 bits per heavy atom. The van der Waals surface area contributed by atoms with Crippen LogP contribution in [0.15, 0.2) is 59.6 Å². The highest BCUT2D eigenvalue weighted by Gasteiger charge is 2.30. The number of benzene rings is 2. The Hall–Kier alpha value is -2.75. The lowest BCUT2D eigenvalue weighted by Gasteiger charge is -2.35. The molecule has 10 heteroatoms. The van der Waals surface area contributed by atoms with Crippen LogP contribution in [0.4, 0.5) is 11.4 Å². The molecule has 2 heterocycles. The zero-order valence-corrected chi connectivity index (χ0v) is 16.8. The first-order chi connectivity index (χ1) is 13.9. The molecule has 0 aliphatic carbocycles. The molecule has 8 nitrogen and oxygen atoms in total. The number of sulfonamides is 1. The highest BCUT2D eigenvalue weighted by Crippen LogP contribution is 2.30. The van der Waals surface area contributed by atoms with Crippen LogP contribution in [-0.2, 0) is 10.0 Å². The maximum absolute atomic E-state index is 13.2. The van der Waals surface area contributed by atoms with Crippen LogP contribution in [-0.4, -0.2) is 48.8 Å². The van der Waals surface area contributed by atoms with E-state index in [-0.39, 0.29) is 10.6 Å². The number of nitro benzene ring substituents is 1. The number of piperazine rings is 1. The third-order valence-electron chi connectivity index (χ3n) is 4.96. The molecule has 0 atom stereocenters. The van der Waals surface area contributed by atoms with Crippen molar-refractivity contribution >= 4 is 43.9 Å². The summed E-state index contributed by atoms with van der Waals surface area (Å²) >= 11 is 6.16. The van der Waals surface area contributed by atoms with E-state index in [1.165, 1.54) is 22.5 Å². The van der Waals surface area contributed by atoms with Crippen LogP contribution >= 0.6 is 11.6 Å². The van der Waals surface area contributed by atoms with E-state index in [1.54, 1.807) is 36.5 Å². The van der Waals surface area contributed by atoms with Crippen LogP contribution in [0.3, 0.4) is 0 Å². The fourth-order valence-electron chi connectivity index (χ4n) is 3.45. The Morgan fingerprint density at radius 1 is 1.00 bits per heavy atom. The summed E-state index contributed by atoms with van der Waals surface area (Å²) in [5.74, 6) is 0. The number of nitro groups is 1. The van der Waals surface area contributed by atoms with Gasteiger partial charge in [0.15, 0.2) is 0 Å². The number of anilines is 1. The molecule has 0 N–H and O–H groups in total. The zero-order chi connectivity index (χ0) is 20.6. The van der Waals surface area contributed by atoms with Crippen molar-refractivity contribution in [2.75, 3.05) is 31.1 Å². The minimum atomic E-state index is -3.71. The molecule has 0 amide bonds. The first-order valence-electron chi connectivity index (χ1n) is 8.91. The molecule has 0 saturated carbocycles. The quantitative estimate of drug-likeness (QED) is 0.463. The van der Waals surface area contributed by atoms with E-state index >= 15 is 0 Å². The van der Waals surface area contributed by atoms with Gasteiger partial charge in [-0.05, 0) is 36.4 Å². The van der Waals surface area contributed by atoms with Crippen molar-refractivity contribution in [3.63, 3.8) is 0 Å². The number of pyridine rings is 1. The standard InChI is InChI=1S/C19H17ClN4O4S/c20-17-7-8-18(16-2-1-9-21-19(16)17)29(27,28)23-12-10-22(11-13-23)14-3-5-15(6-4-14)24(25)26/h1-9H,10-13H2. The lowest BCUT2D eigenvalue weighted by atomic mass is 10.2. The number of rotatable bonds is 4. The number of halogens is 1. The number of nitrogens with zero attached hydrogens (tertiary/aromatic N) is 4. The van der Waals surface area contributed by atoms with Gasteiger partial charge in [0.25, 0.3) is 5.69 Å². The van der Waals surface area contributed by atoms with Crippen molar-refractivity contribution in [1.82, 2.24) is 9.29 Å². The maximum atomic E-state index is 13.2. The first kappa shape index (κ1) is 19.6. The molecule has 2 aromatic carbocycles. The van der Waals surface area contributed by atoms with Crippen molar-refractivity contribution < 1.29 is 13.3 Å². The van der Waals surface area contributed by atoms with Gasteiger partial charge >= 0.3 is 0 Å². The molecule has 3 aromatic rings. The molecule has 150 valence electrons. The molecule has 0 radical (unpaired) electrons. The van der Waals surface area contributed by atoms with E-state index in [9.17, 15) is 18.5 Å². The summed E-state index contributed by atoms with van der Waals surface area (Å²) in [6, 6.07) is 12.7. The summed E-state index contributed by atoms with van der Waals surface area (Å²) in [4.78, 5) is 16.8. The second kappa shape index (κ2) is 7.58. The summed E-state index contributed by atoms with van der Waals surface area (Å²) in [7, 11) is -3.71. The molecule has 29 heavy (non-hydrogen) atoms. The molecule has 1 aromatic heterocycles. The van der Waals surface area contributed by atoms with Gasteiger partial charge in [-0.3, -0.25) is 15.1 Å². The van der Waals surface area contributed by atoms with Crippen LogP contribution in [0, 0.1) is 10.1 Å². The van der Waals surface area contributed by atoms with Crippen LogP contribution in [0.1, 0.15) is 0 Å². The van der Waals surface area contributed by atoms with E-state index in [2.05, 4.69) is 4.98 Å². The molecule has 1 aliphatic rings. The normalized spacial score (nSPS) is 15.6. The number of hydrogen-bond donors (Lipinski definition) is 0. The number of aromatic nitrogens is 1. The van der Waals surface area contributed by atoms with Crippen molar-refractivity contribution in [2.45, 2.75) is 4.90 Å². The monoisotopic (exact) mass is 432 g/mol. The van der Waals surface area contributed by atoms with Crippen LogP contribution in [0.2, 0.25) is 5.02 Å². The number of non-ortho nitro benzene ring substituents is 1. The highest BCUT2D eigenvalue weighted by molar-refractivity contribution is 7.89. The summed E-state index contributed by atoms with van der Waals surface area (Å²) in [6.45, 7) is 1.59. The second-order valence-electron chi connectivity index (χ2n) is 6.61. The van der Waals surface area contributed by atoms with E-state index in [1.807, 2.05) is 4.90 Å². The van der Waals surface area contributed by atoms with Crippen LogP contribution in [0.5, 0.6) is 0 Å². The Morgan fingerprint density at radius 2 is 1.69 bits per heavy atom. The van der Waals surface area contributed by atoms with Crippen molar-refractivity contribution in [3.05, 3.63) is 69.9 Å². The Bertz CT molecular complexity index is 1180. The van der Waals surface area contributed by atoms with Gasteiger partial charge in [-0.15, -0.1) is 0 Å². The minimum absolute atomic E-state index is 0.0261. The average molecular weight is 433 g/mol. The maximum Gasteiger partial charge on any atom is 0.269 e. The smallest absolute Gasteiger partial charge is 0.269 e. The fourth-order valence-corrected chi connectivity index (χ4v) is 5.27. The first-order valence-corrected chi connectivity index (χ1v) is 10.7. The molecule has 1 fully saturated rings. The number of hydrogen-bond acceptors (Lipinski definition) is 6. The predicted molar refractivity (Wildman–Crippen MR) is 111 cm³/mol. The largest absolute Gasteiger partial charge is 0.369 e. The van der Waals surface area contributed by atoms with Crippen LogP contribution in [0.25, 0.3) is 10.9 Å². The Labute approximate surface area is 172 Å². The van der Waals surface area contributed by atoms with Gasteiger partial charge in [0, 0.05) is 55.6 Å². The van der Waals surface area contributed by atoms with Crippen LogP contribution < -0.4 is 4.90 Å². The topological polar surface area (TPSA) is 96.6 Å². The van der Waals surface area contributed by atoms with E-state index in [0.717, 1.165) is 5.69 Å². The SMILES string of the molecule is O=[N+]([O-])c1ccc(N2CCN(S(=O)(=O)c3ccc(Cl)c4ncccc34)CC2)cc1. The van der Waals surface area contributed by atoms with Gasteiger partial charge in [-0.2, -0.15) is 4.31 Å². The van der Waals surface area contributed by atoms with Gasteiger partial charge < -0.3 is 4.90 Å². The summed E-state index contributed by atoms with van der Waals surface area (Å²) in [5, 5.41) is 11.7. The van der Waals surface area contributed by atoms with Crippen molar-refractivity contribution in [3.8, 4) is 0 Å². The fraction of sp³-hybridized carbons (Fsp3) is 0.211. The second-order valence-corrected chi connectivity index (χ2v) is 8.92. The third-order valence-corrected chi connectivity index (χ3v) is 7.22. The molecule has 4 rings (SSSR count). The highest BCUT2D eigenvalue weighted by atomic mass is 35.5. The van der Waals surface area contributed by atoms with Gasteiger partial charge in [0.05, 0.1) is 20.4 Å². The Kier molecular flexibility index (Phi) is 5.12. The Balaban J connectivity index is 1.55. The lowest BCUT2D eigenvalue weighted by Crippen LogP contribution is -2.48. The lowest BCUT2D eigenvalue weighted by molar-refractivity contribution is -0.384. The van der Waals surface area contributed by atoms with Gasteiger partial charge in [-0.1, -0.05) is 11.6 Å². The summed E-state index contributed by atoms with van der Waals surface area (Å²) < 4.78 is 27.9. The average Bonchev–Trinajstić information content (AvgIpc) is 2.74. The van der Waals surface area contributed by atoms with E-state index in [4.69, 9.17) is 11.6 Å². The predicted octanol–water partition coefficient (Wildman–Crippen LogP) is 3.31. The summed E-state index contributed by atoms with van der Waals surface area (Å²) in [6.07, 6.45) is 1.58. The molecule has 1 saturated heterocycles. The number of fused-ring (bicyclic) bond motifs is 1. The summed E-state index contributed by atoms with van der Waals surface area (Å²) in [5.41, 5.74) is 1.31. The molecular formula is C19H17ClN4O4S. The molecule has 0 bridgehead atoms. The molecule has 1 aliphatic heterocycles. The van der Waals surface area contributed by atoms with Gasteiger partial charge in [0.2, 0.25) is 10.0 Å². The molecule has 0 spiro atoms. The van der Waals surface area contributed by atoms with E-state index in [0.29, 0.717) is 42.1 Å². The zero-order valence-electron chi connectivity index (χ0n) is 15.2. The third kappa shape index (κ3) is 3.64. The van der Waals surface area contributed by atoms with Gasteiger partial charge in [0.1, 0.15) is 0 Å². The van der Waals surface area contributed by atoms with Crippen molar-refractivity contribution in [2.24, 2.45) is 0 Å². The molecular weight excluding hydrogens is 416 g/mol. The van der Waals surface area contributed by atoms with Gasteiger partial charge in [-0.25, -0.2) is 8.42 Å². The van der Waals surface area contributed by atoms with Crippen molar-refractivity contribution in [1.29, 1.82) is 0 Å². The molecule has 0 unspecified atom stereocenters.